The third kappa shape index (κ3) is 3.77. The normalized spacial score (nSPS) is 17.0. The Bertz CT molecular complexity index is 979. The summed E-state index contributed by atoms with van der Waals surface area (Å²) < 4.78 is 0. The lowest BCUT2D eigenvalue weighted by molar-refractivity contribution is 0.367. The molecular formula is C22H25N5. The van der Waals surface area contributed by atoms with Crippen LogP contribution in [0.2, 0.25) is 0 Å². The molecular weight excluding hydrogens is 334 g/mol. The van der Waals surface area contributed by atoms with E-state index in [-0.39, 0.29) is 5.41 Å². The summed E-state index contributed by atoms with van der Waals surface area (Å²) >= 11 is 0. The van der Waals surface area contributed by atoms with E-state index in [0.29, 0.717) is 0 Å². The van der Waals surface area contributed by atoms with Crippen LogP contribution in [0.5, 0.6) is 0 Å². The number of hydrogen-bond donors (Lipinski definition) is 1. The Kier molecular flexibility index (Phi) is 4.30. The van der Waals surface area contributed by atoms with Crippen molar-refractivity contribution < 1.29 is 0 Å². The third-order valence-corrected chi connectivity index (χ3v) is 4.89. The van der Waals surface area contributed by atoms with Crippen molar-refractivity contribution in [2.45, 2.75) is 40.5 Å². The smallest absolute Gasteiger partial charge is 0.132 e. The van der Waals surface area contributed by atoms with E-state index < -0.39 is 0 Å². The number of anilines is 1. The van der Waals surface area contributed by atoms with Gasteiger partial charge in [0, 0.05) is 0 Å². The Hall–Kier alpha value is -2.95. The van der Waals surface area contributed by atoms with Gasteiger partial charge in [-0.1, -0.05) is 49.2 Å². The average Bonchev–Trinajstić information content (AvgIpc) is 3.04. The van der Waals surface area contributed by atoms with Crippen LogP contribution in [0.15, 0.2) is 53.6 Å². The maximum absolute atomic E-state index is 4.76. The zero-order chi connectivity index (χ0) is 19.0. The molecule has 0 unspecified atom stereocenters. The largest absolute Gasteiger partial charge is 0.278 e. The molecule has 3 aromatic rings. The summed E-state index contributed by atoms with van der Waals surface area (Å²) in [6.45, 7) is 8.66. The van der Waals surface area contributed by atoms with Gasteiger partial charge in [0.15, 0.2) is 0 Å². The highest BCUT2D eigenvalue weighted by molar-refractivity contribution is 6.01. The Morgan fingerprint density at radius 1 is 0.889 bits per heavy atom. The first-order valence-corrected chi connectivity index (χ1v) is 9.32. The molecule has 5 heteroatoms. The number of aromatic nitrogens is 3. The average molecular weight is 359 g/mol. The summed E-state index contributed by atoms with van der Waals surface area (Å²) in [6.07, 6.45) is 1.77. The second-order valence-electron chi connectivity index (χ2n) is 8.17. The standard InChI is InChI=1S/C22H25N5/c1-15-5-9-17(10-6-15)23-24-19-13-22(3,4)14-20-21(19)26-27(25-20)18-11-7-16(2)8-12-18/h5-12,23H,13-14H2,1-4H3/b24-19-. The van der Waals surface area contributed by atoms with Crippen LogP contribution < -0.4 is 5.43 Å². The highest BCUT2D eigenvalue weighted by Gasteiger charge is 2.33. The zero-order valence-electron chi connectivity index (χ0n) is 16.3. The van der Waals surface area contributed by atoms with Gasteiger partial charge in [-0.3, -0.25) is 5.43 Å². The predicted octanol–water partition coefficient (Wildman–Crippen LogP) is 4.67. The maximum Gasteiger partial charge on any atom is 0.132 e. The van der Waals surface area contributed by atoms with Gasteiger partial charge in [0.2, 0.25) is 0 Å². The van der Waals surface area contributed by atoms with E-state index >= 15 is 0 Å². The van der Waals surface area contributed by atoms with Gasteiger partial charge in [-0.2, -0.15) is 15.0 Å². The number of benzene rings is 2. The number of hydrazone groups is 1. The lowest BCUT2D eigenvalue weighted by Crippen LogP contribution is -2.28. The quantitative estimate of drug-likeness (QED) is 0.691. The van der Waals surface area contributed by atoms with Crippen LogP contribution in [-0.2, 0) is 6.42 Å². The van der Waals surface area contributed by atoms with Crippen molar-refractivity contribution in [2.75, 3.05) is 5.43 Å². The monoisotopic (exact) mass is 359 g/mol. The second kappa shape index (κ2) is 6.65. The SMILES string of the molecule is Cc1ccc(N/N=C2/CC(C)(C)Cc3nn(-c4ccc(C)cc4)nc32)cc1. The van der Waals surface area contributed by atoms with Gasteiger partial charge in [0.1, 0.15) is 5.69 Å². The van der Waals surface area contributed by atoms with E-state index in [0.717, 1.165) is 41.3 Å². The molecule has 1 aromatic heterocycles. The molecule has 0 spiro atoms. The van der Waals surface area contributed by atoms with Crippen molar-refractivity contribution in [1.29, 1.82) is 0 Å². The van der Waals surface area contributed by atoms with Crippen molar-refractivity contribution in [3.05, 3.63) is 71.0 Å². The van der Waals surface area contributed by atoms with Crippen LogP contribution in [0.1, 0.15) is 42.8 Å². The van der Waals surface area contributed by atoms with Gasteiger partial charge in [0.25, 0.3) is 0 Å². The van der Waals surface area contributed by atoms with Crippen molar-refractivity contribution >= 4 is 11.4 Å². The van der Waals surface area contributed by atoms with E-state index in [1.807, 2.05) is 24.3 Å². The molecule has 0 aliphatic heterocycles. The number of aryl methyl sites for hydroxylation is 2. The van der Waals surface area contributed by atoms with Crippen molar-refractivity contribution in [3.63, 3.8) is 0 Å². The lowest BCUT2D eigenvalue weighted by Gasteiger charge is -2.28. The van der Waals surface area contributed by atoms with Crippen molar-refractivity contribution in [3.8, 4) is 5.69 Å². The fourth-order valence-corrected chi connectivity index (χ4v) is 3.38. The number of rotatable bonds is 3. The van der Waals surface area contributed by atoms with Crippen LogP contribution in [0.25, 0.3) is 5.69 Å². The third-order valence-electron chi connectivity index (χ3n) is 4.89. The first kappa shape index (κ1) is 17.5. The van der Waals surface area contributed by atoms with E-state index in [2.05, 4.69) is 57.4 Å². The van der Waals surface area contributed by atoms with E-state index in [9.17, 15) is 0 Å². The van der Waals surface area contributed by atoms with Gasteiger partial charge in [-0.25, -0.2) is 0 Å². The molecule has 138 valence electrons. The minimum absolute atomic E-state index is 0.106. The molecule has 1 heterocycles. The molecule has 0 saturated heterocycles. The van der Waals surface area contributed by atoms with E-state index in [1.165, 1.54) is 11.1 Å². The topological polar surface area (TPSA) is 55.1 Å². The second-order valence-corrected chi connectivity index (χ2v) is 8.17. The van der Waals surface area contributed by atoms with Gasteiger partial charge in [-0.05, 0) is 56.4 Å². The summed E-state index contributed by atoms with van der Waals surface area (Å²) in [5.74, 6) is 0. The molecule has 2 aromatic carbocycles. The summed E-state index contributed by atoms with van der Waals surface area (Å²) in [5.41, 5.74) is 10.6. The summed E-state index contributed by atoms with van der Waals surface area (Å²) in [4.78, 5) is 1.73. The van der Waals surface area contributed by atoms with Gasteiger partial charge in [-0.15, -0.1) is 5.10 Å². The number of nitrogens with one attached hydrogen (secondary N) is 1. The van der Waals surface area contributed by atoms with Crippen LogP contribution >= 0.6 is 0 Å². The molecule has 0 bridgehead atoms. The van der Waals surface area contributed by atoms with Crippen molar-refractivity contribution in [2.24, 2.45) is 10.5 Å². The zero-order valence-corrected chi connectivity index (χ0v) is 16.3. The number of nitrogens with zero attached hydrogens (tertiary/aromatic N) is 4. The highest BCUT2D eigenvalue weighted by atomic mass is 15.5. The molecule has 0 radical (unpaired) electrons. The molecule has 4 rings (SSSR count). The molecule has 1 aliphatic rings. The van der Waals surface area contributed by atoms with Gasteiger partial charge < -0.3 is 0 Å². The van der Waals surface area contributed by atoms with Crippen molar-refractivity contribution in [1.82, 2.24) is 15.0 Å². The summed E-state index contributed by atoms with van der Waals surface area (Å²) in [7, 11) is 0. The molecule has 27 heavy (non-hydrogen) atoms. The molecule has 1 aliphatic carbocycles. The molecule has 0 saturated carbocycles. The first-order chi connectivity index (χ1) is 12.9. The maximum atomic E-state index is 4.76. The Labute approximate surface area is 160 Å². The molecule has 1 N–H and O–H groups in total. The molecule has 0 atom stereocenters. The fourth-order valence-electron chi connectivity index (χ4n) is 3.38. The van der Waals surface area contributed by atoms with Crippen LogP contribution in [-0.4, -0.2) is 20.7 Å². The molecule has 5 nitrogen and oxygen atoms in total. The van der Waals surface area contributed by atoms with Crippen LogP contribution in [0, 0.1) is 19.3 Å². The highest BCUT2D eigenvalue weighted by Crippen LogP contribution is 2.34. The Morgan fingerprint density at radius 2 is 1.52 bits per heavy atom. The molecule has 0 fully saturated rings. The van der Waals surface area contributed by atoms with E-state index in [1.54, 1.807) is 4.80 Å². The lowest BCUT2D eigenvalue weighted by atomic mass is 9.77. The minimum Gasteiger partial charge on any atom is -0.278 e. The fraction of sp³-hybridized carbons (Fsp3) is 0.318. The van der Waals surface area contributed by atoms with E-state index in [4.69, 9.17) is 15.3 Å². The summed E-state index contributed by atoms with van der Waals surface area (Å²) in [6, 6.07) is 16.5. The predicted molar refractivity (Wildman–Crippen MR) is 110 cm³/mol. The first-order valence-electron chi connectivity index (χ1n) is 9.32. The Balaban J connectivity index is 1.68. The summed E-state index contributed by atoms with van der Waals surface area (Å²) in [5, 5.41) is 14.2. The van der Waals surface area contributed by atoms with Crippen LogP contribution in [0.3, 0.4) is 0 Å². The molecule has 0 amide bonds. The van der Waals surface area contributed by atoms with Gasteiger partial charge in [0.05, 0.1) is 22.8 Å². The van der Waals surface area contributed by atoms with Crippen LogP contribution in [0.4, 0.5) is 5.69 Å². The Morgan fingerprint density at radius 3 is 2.19 bits per heavy atom. The number of hydrogen-bond acceptors (Lipinski definition) is 4. The minimum atomic E-state index is 0.106. The van der Waals surface area contributed by atoms with Gasteiger partial charge >= 0.3 is 0 Å². The number of fused-ring (bicyclic) bond motifs is 1.